The largest absolute Gasteiger partial charge is 0.949 e. The van der Waals surface area contributed by atoms with Crippen molar-refractivity contribution in [2.24, 2.45) is 0 Å². The Labute approximate surface area is 406 Å². The fourth-order valence-electron chi connectivity index (χ4n) is 4.25. The number of hydrogen-bond acceptors (Lipinski definition) is 24. The van der Waals surface area contributed by atoms with E-state index in [1.807, 2.05) is 91.0 Å². The van der Waals surface area contributed by atoms with Gasteiger partial charge in [-0.15, -0.1) is 0 Å². The van der Waals surface area contributed by atoms with Gasteiger partial charge >= 0.3 is 136 Å². The van der Waals surface area contributed by atoms with Gasteiger partial charge in [0.2, 0.25) is 0 Å². The Morgan fingerprint density at radius 1 is 0.286 bits per heavy atom. The molecule has 33 heteroatoms. The quantitative estimate of drug-likeness (QED) is 0.225. The van der Waals surface area contributed by atoms with Crippen molar-refractivity contribution < 1.29 is 88.4 Å². The Morgan fingerprint density at radius 2 is 0.444 bits per heavy atom. The maximum Gasteiger partial charge on any atom is 0.949 e. The lowest BCUT2D eigenvalue weighted by Crippen LogP contribution is -2.56. The summed E-state index contributed by atoms with van der Waals surface area (Å²) in [6.07, 6.45) is 0. The van der Waals surface area contributed by atoms with Gasteiger partial charge in [0.05, 0.1) is 17.2 Å². The molecule has 0 N–H and O–H groups in total. The topological polar surface area (TPSA) is 269 Å². The van der Waals surface area contributed by atoms with E-state index in [0.717, 1.165) is 0 Å². The van der Waals surface area contributed by atoms with Crippen molar-refractivity contribution in [1.82, 2.24) is 0 Å². The molecule has 3 fully saturated rings. The van der Waals surface area contributed by atoms with Crippen molar-refractivity contribution in [2.45, 2.75) is 41.5 Å². The van der Waals surface area contributed by atoms with Crippen LogP contribution in [0, 0.1) is 0 Å². The molecule has 24 nitrogen and oxygen atoms in total. The zero-order valence-electron chi connectivity index (χ0n) is 34.2. The average Bonchev–Trinajstić information content (AvgIpc) is 3.18. The normalized spacial score (nSPS) is 14.7. The molecule has 3 aromatic carbocycles. The van der Waals surface area contributed by atoms with Gasteiger partial charge in [-0.25, -0.2) is 0 Å². The molecule has 3 aromatic rings. The number of para-hydroxylation sites is 3. The molecule has 0 saturated carbocycles. The van der Waals surface area contributed by atoms with Gasteiger partial charge in [-0.05, 0) is 36.4 Å². The van der Waals surface area contributed by atoms with Gasteiger partial charge in [-0.2, -0.15) is 0 Å². The lowest BCUT2D eigenvalue weighted by Gasteiger charge is -2.27. The van der Waals surface area contributed by atoms with E-state index in [1.54, 1.807) is 0 Å². The van der Waals surface area contributed by atoms with Crippen LogP contribution in [0.15, 0.2) is 91.0 Å². The Balaban J connectivity index is 0.000000216. The zero-order valence-corrected chi connectivity index (χ0v) is 44.5. The third-order valence-electron chi connectivity index (χ3n) is 6.50. The first-order valence-corrected chi connectivity index (χ1v) is 30.9. The molecular weight excluding hydrogens is 987 g/mol. The Hall–Kier alpha value is -1.69. The predicted octanol–water partition coefficient (Wildman–Crippen LogP) is 0.629. The molecule has 3 aliphatic rings. The van der Waals surface area contributed by atoms with E-state index in [9.17, 15) is 28.8 Å². The average molecular weight is 1020 g/mol. The van der Waals surface area contributed by atoms with Gasteiger partial charge in [0.1, 0.15) is 0 Å². The first kappa shape index (κ1) is 53.9. The van der Waals surface area contributed by atoms with Gasteiger partial charge in [-0.3, -0.25) is 28.8 Å². The van der Waals surface area contributed by atoms with Crippen LogP contribution in [0.5, 0.6) is 17.2 Å². The van der Waals surface area contributed by atoms with Crippen molar-refractivity contribution in [1.29, 1.82) is 0 Å². The molecule has 3 heterocycles. The summed E-state index contributed by atoms with van der Waals surface area (Å²) >= 11 is -24.4. The molecular formula is C30H33Al9O24. The monoisotopic (exact) mass is 1020 g/mol. The number of benzene rings is 3. The van der Waals surface area contributed by atoms with Gasteiger partial charge in [0.25, 0.3) is 35.8 Å². The van der Waals surface area contributed by atoms with Crippen LogP contribution in [0.25, 0.3) is 0 Å². The van der Waals surface area contributed by atoms with E-state index in [4.69, 9.17) is 59.7 Å². The number of carbonyl (C=O) groups is 6. The van der Waals surface area contributed by atoms with Crippen LogP contribution in [-0.4, -0.2) is 172 Å². The van der Waals surface area contributed by atoms with Crippen LogP contribution >= 0.6 is 0 Å². The van der Waals surface area contributed by atoms with Crippen LogP contribution in [0.2, 0.25) is 0 Å². The minimum absolute atomic E-state index is 0.597. The highest BCUT2D eigenvalue weighted by Gasteiger charge is 2.64. The molecule has 0 amide bonds. The fourth-order valence-corrected chi connectivity index (χ4v) is 25.1. The zero-order chi connectivity index (χ0) is 45.7. The molecule has 0 atom stereocenters. The highest BCUT2D eigenvalue weighted by atomic mass is 27.4. The third-order valence-corrected chi connectivity index (χ3v) is 27.0. The summed E-state index contributed by atoms with van der Waals surface area (Å²) in [5.74, 6) is -1.51. The van der Waals surface area contributed by atoms with Gasteiger partial charge in [0.15, 0.2) is 0 Å². The van der Waals surface area contributed by atoms with Crippen molar-refractivity contribution in [3.63, 3.8) is 0 Å². The first-order chi connectivity index (χ1) is 30.1. The SMILES string of the molecule is CC(=O)[O][Al]1[O][Al]([O]C(C)=O)[O][Al]([O]C(C)=O)[O]1.CC(=O)[O][Al]1[O][Al]([O]C(C)=O)[O][Al]([O]C(C)=O)[O]1.c1ccc([O][Al]2[O][Al]([O]c3ccccc3)[O][Al]([O]c3ccccc3)[O]2)cc1. The third kappa shape index (κ3) is 23.1. The Kier molecular flexibility index (Phi) is 25.0. The lowest BCUT2D eigenvalue weighted by atomic mass is 10.3. The minimum atomic E-state index is -2.82. The summed E-state index contributed by atoms with van der Waals surface area (Å²) in [5.41, 5.74) is 0. The standard InChI is InChI=1S/3C6H6O.6C2H4O2.9Al.9O/c3*7-6-4-2-1-3-5-6;6*1-2(3)4;;;;;;;;;;;;;;;;;;/h3*1-5,7H;6*1H3,(H,3,4);;;;;;;;;;;;;;;;;;/q;;;;;;;;;9*+1;;;;;;;;;/p-9. The number of hydrogen-bond donors (Lipinski definition) is 0. The second kappa shape index (κ2) is 29.2. The van der Waals surface area contributed by atoms with E-state index >= 15 is 0 Å². The van der Waals surface area contributed by atoms with Crippen molar-refractivity contribution in [3.8, 4) is 17.2 Å². The molecule has 0 bridgehead atoms. The summed E-state index contributed by atoms with van der Waals surface area (Å²) < 4.78 is 94.8. The fraction of sp³-hybridized carbons (Fsp3) is 0.200. The maximum absolute atomic E-state index is 10.8. The van der Waals surface area contributed by atoms with Crippen LogP contribution in [0.3, 0.4) is 0 Å². The minimum Gasteiger partial charge on any atom is -0.601 e. The second-order valence-electron chi connectivity index (χ2n) is 11.8. The van der Waals surface area contributed by atoms with Crippen LogP contribution in [0.4, 0.5) is 0 Å². The molecule has 3 aliphatic heterocycles. The molecule has 0 radical (unpaired) electrons. The predicted molar refractivity (Wildman–Crippen MR) is 213 cm³/mol. The van der Waals surface area contributed by atoms with Gasteiger partial charge < -0.3 is 59.7 Å². The maximum atomic E-state index is 10.8. The van der Waals surface area contributed by atoms with Gasteiger partial charge in [0, 0.05) is 41.5 Å². The summed E-state index contributed by atoms with van der Waals surface area (Å²) in [5, 5.41) is 0. The molecule has 3 saturated heterocycles. The Morgan fingerprint density at radius 3 is 0.603 bits per heavy atom. The summed E-state index contributed by atoms with van der Waals surface area (Å²) in [6, 6.07) is 28.3. The molecule has 6 rings (SSSR count). The number of rotatable bonds is 12. The van der Waals surface area contributed by atoms with E-state index < -0.39 is 172 Å². The summed E-state index contributed by atoms with van der Waals surface area (Å²) in [4.78, 5) is 64.8. The van der Waals surface area contributed by atoms with E-state index in [-0.39, 0.29) is 0 Å². The van der Waals surface area contributed by atoms with E-state index in [0.29, 0.717) is 17.2 Å². The molecule has 0 spiro atoms. The van der Waals surface area contributed by atoms with Crippen molar-refractivity contribution in [3.05, 3.63) is 91.0 Å². The van der Waals surface area contributed by atoms with Crippen LogP contribution in [-0.2, 0) is 77.1 Å². The molecule has 0 aliphatic carbocycles. The van der Waals surface area contributed by atoms with E-state index in [1.165, 1.54) is 41.5 Å². The summed E-state index contributed by atoms with van der Waals surface area (Å²) in [7, 11) is 0. The van der Waals surface area contributed by atoms with Crippen LogP contribution < -0.4 is 11.4 Å². The highest BCUT2D eigenvalue weighted by Crippen LogP contribution is 2.21. The molecule has 324 valence electrons. The summed E-state index contributed by atoms with van der Waals surface area (Å²) in [6.45, 7) is 7.08. The van der Waals surface area contributed by atoms with Crippen molar-refractivity contribution >= 4 is 172 Å². The van der Waals surface area contributed by atoms with Gasteiger partial charge in [-0.1, -0.05) is 54.6 Å². The highest BCUT2D eigenvalue weighted by molar-refractivity contribution is 6.69. The lowest BCUT2D eigenvalue weighted by molar-refractivity contribution is -0.140. The van der Waals surface area contributed by atoms with Crippen LogP contribution in [0.1, 0.15) is 41.5 Å². The van der Waals surface area contributed by atoms with E-state index in [2.05, 4.69) is 0 Å². The van der Waals surface area contributed by atoms with Crippen molar-refractivity contribution in [2.75, 3.05) is 0 Å². The smallest absolute Gasteiger partial charge is 0.601 e. The second-order valence-corrected chi connectivity index (χ2v) is 28.9. The molecule has 63 heavy (non-hydrogen) atoms. The first-order valence-electron chi connectivity index (χ1n) is 18.2. The Bertz CT molecular complexity index is 1630. The number of carbonyl (C=O) groups excluding carboxylic acids is 6. The molecule has 0 unspecified atom stereocenters. The molecule has 0 aromatic heterocycles.